The van der Waals surface area contributed by atoms with E-state index < -0.39 is 34.3 Å². The number of fused-ring (bicyclic) bond motifs is 1. The van der Waals surface area contributed by atoms with Gasteiger partial charge in [0.2, 0.25) is 11.8 Å². The largest absolute Gasteiger partial charge is 0.486 e. The van der Waals surface area contributed by atoms with Crippen LogP contribution < -0.4 is 19.1 Å². The van der Waals surface area contributed by atoms with Gasteiger partial charge in [-0.2, -0.15) is 0 Å². The van der Waals surface area contributed by atoms with Crippen molar-refractivity contribution in [2.24, 2.45) is 0 Å². The maximum atomic E-state index is 14.4. The molecule has 1 N–H and O–H groups in total. The van der Waals surface area contributed by atoms with Gasteiger partial charge in [0.1, 0.15) is 31.6 Å². The molecule has 4 aromatic rings. The highest BCUT2D eigenvalue weighted by Gasteiger charge is 2.35. The zero-order valence-corrected chi connectivity index (χ0v) is 27.5. The van der Waals surface area contributed by atoms with Gasteiger partial charge in [-0.1, -0.05) is 58.4 Å². The molecule has 0 bridgehead atoms. The Morgan fingerprint density at radius 1 is 0.891 bits per heavy atom. The first-order valence-electron chi connectivity index (χ1n) is 14.7. The SMILES string of the molecule is CCNC(=O)[C@H](Cc1ccccc1)N(Cc1ccc(Br)cc1)C(=O)CN(c1ccc(F)cc1)S(=O)(=O)c1ccc2c(c1)OCCO2. The van der Waals surface area contributed by atoms with Crippen molar-refractivity contribution in [3.05, 3.63) is 118 Å². The third-order valence-corrected chi connectivity index (χ3v) is 9.68. The second-order valence-corrected chi connectivity index (χ2v) is 13.3. The Labute approximate surface area is 276 Å². The normalized spacial score (nSPS) is 13.0. The molecule has 0 saturated heterocycles. The number of benzene rings is 4. The van der Waals surface area contributed by atoms with Crippen LogP contribution in [-0.4, -0.2) is 57.5 Å². The van der Waals surface area contributed by atoms with Crippen LogP contribution in [0.25, 0.3) is 0 Å². The van der Waals surface area contributed by atoms with Crippen LogP contribution in [0.1, 0.15) is 18.1 Å². The first kappa shape index (κ1) is 33.0. The highest BCUT2D eigenvalue weighted by atomic mass is 79.9. The Morgan fingerprint density at radius 2 is 1.57 bits per heavy atom. The molecule has 9 nitrogen and oxygen atoms in total. The minimum Gasteiger partial charge on any atom is -0.486 e. The fourth-order valence-corrected chi connectivity index (χ4v) is 6.77. The molecule has 1 aliphatic heterocycles. The summed E-state index contributed by atoms with van der Waals surface area (Å²) < 4.78 is 55.4. The van der Waals surface area contributed by atoms with Gasteiger partial charge in [0.05, 0.1) is 10.6 Å². The maximum Gasteiger partial charge on any atom is 0.264 e. The van der Waals surface area contributed by atoms with E-state index in [1.807, 2.05) is 54.6 Å². The zero-order valence-electron chi connectivity index (χ0n) is 25.1. The molecule has 1 heterocycles. The van der Waals surface area contributed by atoms with E-state index in [-0.39, 0.29) is 41.8 Å². The monoisotopic (exact) mass is 709 g/mol. The number of ether oxygens (including phenoxy) is 2. The lowest BCUT2D eigenvalue weighted by Gasteiger charge is -2.34. The lowest BCUT2D eigenvalue weighted by Crippen LogP contribution is -2.53. The van der Waals surface area contributed by atoms with Gasteiger partial charge in [0.15, 0.2) is 11.5 Å². The van der Waals surface area contributed by atoms with Crippen LogP contribution in [0.3, 0.4) is 0 Å². The highest BCUT2D eigenvalue weighted by molar-refractivity contribution is 9.10. The van der Waals surface area contributed by atoms with Crippen LogP contribution in [0, 0.1) is 5.82 Å². The van der Waals surface area contributed by atoms with Gasteiger partial charge in [0, 0.05) is 30.0 Å². The summed E-state index contributed by atoms with van der Waals surface area (Å²) in [5.74, 6) is -0.905. The van der Waals surface area contributed by atoms with Crippen molar-refractivity contribution in [3.8, 4) is 11.5 Å². The fraction of sp³-hybridized carbons (Fsp3) is 0.235. The molecule has 46 heavy (non-hydrogen) atoms. The number of nitrogens with one attached hydrogen (secondary N) is 1. The molecule has 0 spiro atoms. The van der Waals surface area contributed by atoms with Crippen LogP contribution in [0.4, 0.5) is 10.1 Å². The van der Waals surface area contributed by atoms with E-state index in [9.17, 15) is 22.4 Å². The van der Waals surface area contributed by atoms with E-state index in [4.69, 9.17) is 9.47 Å². The number of anilines is 1. The van der Waals surface area contributed by atoms with Crippen LogP contribution >= 0.6 is 15.9 Å². The van der Waals surface area contributed by atoms with Crippen molar-refractivity contribution in [2.45, 2.75) is 30.8 Å². The van der Waals surface area contributed by atoms with Gasteiger partial charge >= 0.3 is 0 Å². The van der Waals surface area contributed by atoms with Gasteiger partial charge < -0.3 is 19.7 Å². The molecule has 5 rings (SSSR count). The summed E-state index contributed by atoms with van der Waals surface area (Å²) in [7, 11) is -4.40. The van der Waals surface area contributed by atoms with Gasteiger partial charge in [0.25, 0.3) is 10.0 Å². The Balaban J connectivity index is 1.56. The van der Waals surface area contributed by atoms with Crippen molar-refractivity contribution in [3.63, 3.8) is 0 Å². The third-order valence-electron chi connectivity index (χ3n) is 7.38. The Hall–Kier alpha value is -4.42. The van der Waals surface area contributed by atoms with Crippen molar-refractivity contribution in [1.29, 1.82) is 0 Å². The van der Waals surface area contributed by atoms with E-state index in [1.54, 1.807) is 6.92 Å². The van der Waals surface area contributed by atoms with E-state index in [1.165, 1.54) is 35.2 Å². The number of carbonyl (C=O) groups is 2. The maximum absolute atomic E-state index is 14.4. The summed E-state index contributed by atoms with van der Waals surface area (Å²) in [6, 6.07) is 24.7. The predicted molar refractivity (Wildman–Crippen MR) is 176 cm³/mol. The predicted octanol–water partition coefficient (Wildman–Crippen LogP) is 5.33. The number of likely N-dealkylation sites (N-methyl/N-ethyl adjacent to an activating group) is 1. The zero-order chi connectivity index (χ0) is 32.7. The molecule has 0 unspecified atom stereocenters. The Morgan fingerprint density at radius 3 is 2.24 bits per heavy atom. The molecule has 0 aromatic heterocycles. The minimum absolute atomic E-state index is 0.0298. The lowest BCUT2D eigenvalue weighted by molar-refractivity contribution is -0.140. The number of carbonyl (C=O) groups excluding carboxylic acids is 2. The topological polar surface area (TPSA) is 105 Å². The molecule has 0 radical (unpaired) electrons. The quantitative estimate of drug-likeness (QED) is 0.213. The number of nitrogens with zero attached hydrogens (tertiary/aromatic N) is 2. The Kier molecular flexibility index (Phi) is 10.6. The molecular formula is C34H33BrFN3O6S. The summed E-state index contributed by atoms with van der Waals surface area (Å²) in [5.41, 5.74) is 1.64. The van der Waals surface area contributed by atoms with Crippen molar-refractivity contribution < 1.29 is 31.9 Å². The molecule has 0 aliphatic carbocycles. The summed E-state index contributed by atoms with van der Waals surface area (Å²) >= 11 is 3.43. The fourth-order valence-electron chi connectivity index (χ4n) is 5.08. The number of amides is 2. The summed E-state index contributed by atoms with van der Waals surface area (Å²) in [5, 5.41) is 2.83. The first-order valence-corrected chi connectivity index (χ1v) is 16.9. The second kappa shape index (κ2) is 14.8. The van der Waals surface area contributed by atoms with Crippen molar-refractivity contribution in [2.75, 3.05) is 30.6 Å². The Bertz CT molecular complexity index is 1770. The summed E-state index contributed by atoms with van der Waals surface area (Å²) in [6.45, 7) is 2.08. The number of rotatable bonds is 12. The van der Waals surface area contributed by atoms with Crippen molar-refractivity contribution in [1.82, 2.24) is 10.2 Å². The average molecular weight is 711 g/mol. The van der Waals surface area contributed by atoms with E-state index in [2.05, 4.69) is 21.2 Å². The van der Waals surface area contributed by atoms with Crippen LogP contribution in [0.5, 0.6) is 11.5 Å². The minimum atomic E-state index is -4.40. The molecule has 12 heteroatoms. The third kappa shape index (κ3) is 7.86. The summed E-state index contributed by atoms with van der Waals surface area (Å²) in [4.78, 5) is 29.3. The highest BCUT2D eigenvalue weighted by Crippen LogP contribution is 2.34. The second-order valence-electron chi connectivity index (χ2n) is 10.5. The number of halogens is 2. The number of sulfonamides is 1. The average Bonchev–Trinajstić information content (AvgIpc) is 3.06. The molecular weight excluding hydrogens is 677 g/mol. The van der Waals surface area contributed by atoms with Crippen LogP contribution in [0.2, 0.25) is 0 Å². The van der Waals surface area contributed by atoms with Crippen molar-refractivity contribution >= 4 is 43.5 Å². The molecule has 0 saturated carbocycles. The molecule has 4 aromatic carbocycles. The lowest BCUT2D eigenvalue weighted by atomic mass is 10.0. The van der Waals surface area contributed by atoms with Gasteiger partial charge in [-0.05, 0) is 66.6 Å². The molecule has 1 aliphatic rings. The van der Waals surface area contributed by atoms with Crippen LogP contribution in [-0.2, 0) is 32.6 Å². The van der Waals surface area contributed by atoms with Gasteiger partial charge in [-0.15, -0.1) is 0 Å². The van der Waals surface area contributed by atoms with E-state index in [0.717, 1.165) is 32.0 Å². The van der Waals surface area contributed by atoms with Gasteiger partial charge in [-0.3, -0.25) is 13.9 Å². The van der Waals surface area contributed by atoms with E-state index in [0.29, 0.717) is 18.9 Å². The summed E-state index contributed by atoms with van der Waals surface area (Å²) in [6.07, 6.45) is 0.195. The molecule has 1 atom stereocenters. The number of hydrogen-bond acceptors (Lipinski definition) is 6. The molecule has 2 amide bonds. The standard InChI is InChI=1S/C34H33BrFN3O6S/c1-2-37-34(41)30(20-24-6-4-3-5-7-24)38(22-25-8-10-26(35)11-9-25)33(40)23-39(28-14-12-27(36)13-15-28)46(42,43)29-16-17-31-32(21-29)45-19-18-44-31/h3-17,21,30H,2,18-20,22-23H2,1H3,(H,37,41)/t30-/m0/s1. The smallest absolute Gasteiger partial charge is 0.264 e. The molecule has 0 fully saturated rings. The first-order chi connectivity index (χ1) is 22.2. The molecule has 240 valence electrons. The van der Waals surface area contributed by atoms with Gasteiger partial charge in [-0.25, -0.2) is 12.8 Å². The van der Waals surface area contributed by atoms with Crippen LogP contribution in [0.15, 0.2) is 106 Å². The number of hydrogen-bond donors (Lipinski definition) is 1. The van der Waals surface area contributed by atoms with E-state index >= 15 is 0 Å².